The van der Waals surface area contributed by atoms with Crippen molar-refractivity contribution in [3.8, 4) is 11.5 Å². The van der Waals surface area contributed by atoms with Crippen LogP contribution in [0.4, 0.5) is 5.13 Å². The van der Waals surface area contributed by atoms with Crippen molar-refractivity contribution in [1.29, 1.82) is 0 Å². The molecular weight excluding hydrogens is 288 g/mol. The van der Waals surface area contributed by atoms with Crippen LogP contribution in [0.3, 0.4) is 0 Å². The number of carbonyl (C=O) groups is 1. The minimum absolute atomic E-state index is 0.206. The predicted molar refractivity (Wildman–Crippen MR) is 82.1 cm³/mol. The lowest BCUT2D eigenvalue weighted by molar-refractivity contribution is 0.102. The second-order valence-electron chi connectivity index (χ2n) is 4.65. The number of thiazole rings is 1. The Balaban J connectivity index is 1.87. The topological polar surface area (TPSA) is 82.5 Å². The summed E-state index contributed by atoms with van der Waals surface area (Å²) < 4.78 is 0.685. The van der Waals surface area contributed by atoms with Crippen molar-refractivity contribution in [3.63, 3.8) is 0 Å². The van der Waals surface area contributed by atoms with Crippen molar-refractivity contribution in [3.05, 3.63) is 47.5 Å². The molecule has 21 heavy (non-hydrogen) atoms. The molecular formula is C15H12N2O3S. The zero-order chi connectivity index (χ0) is 15.0. The Morgan fingerprint density at radius 1 is 1.14 bits per heavy atom. The van der Waals surface area contributed by atoms with Crippen LogP contribution in [0.15, 0.2) is 36.4 Å². The highest BCUT2D eigenvalue weighted by Crippen LogP contribution is 2.34. The molecule has 0 spiro atoms. The predicted octanol–water partition coefficient (Wildman–Crippen LogP) is 3.27. The molecule has 0 unspecified atom stereocenters. The van der Waals surface area contributed by atoms with E-state index in [0.717, 1.165) is 5.56 Å². The number of rotatable bonds is 2. The number of nitrogens with one attached hydrogen (secondary N) is 1. The highest BCUT2D eigenvalue weighted by atomic mass is 32.1. The maximum absolute atomic E-state index is 12.1. The summed E-state index contributed by atoms with van der Waals surface area (Å²) >= 11 is 1.23. The number of benzene rings is 2. The van der Waals surface area contributed by atoms with Crippen LogP contribution in [0.1, 0.15) is 15.9 Å². The minimum atomic E-state index is -0.248. The van der Waals surface area contributed by atoms with Gasteiger partial charge in [-0.1, -0.05) is 29.0 Å². The molecule has 2 aromatic carbocycles. The molecule has 5 nitrogen and oxygen atoms in total. The lowest BCUT2D eigenvalue weighted by Crippen LogP contribution is -2.11. The van der Waals surface area contributed by atoms with Gasteiger partial charge in [-0.3, -0.25) is 10.1 Å². The van der Waals surface area contributed by atoms with Crippen LogP contribution in [0.5, 0.6) is 11.5 Å². The Morgan fingerprint density at radius 3 is 2.52 bits per heavy atom. The Kier molecular flexibility index (Phi) is 3.23. The summed E-state index contributed by atoms with van der Waals surface area (Å²) in [5, 5.41) is 22.0. The van der Waals surface area contributed by atoms with Gasteiger partial charge in [-0.05, 0) is 19.1 Å². The highest BCUT2D eigenvalue weighted by Gasteiger charge is 2.11. The molecule has 1 heterocycles. The molecule has 3 aromatic rings. The number of carbonyl (C=O) groups excluding carboxylic acids is 1. The molecule has 0 aliphatic rings. The molecule has 106 valence electrons. The van der Waals surface area contributed by atoms with Crippen molar-refractivity contribution in [2.75, 3.05) is 5.32 Å². The fraction of sp³-hybridized carbons (Fsp3) is 0.0667. The Morgan fingerprint density at radius 2 is 1.81 bits per heavy atom. The number of hydrogen-bond acceptors (Lipinski definition) is 5. The summed E-state index contributed by atoms with van der Waals surface area (Å²) in [6.45, 7) is 1.95. The smallest absolute Gasteiger partial charge is 0.257 e. The molecule has 0 atom stereocenters. The third kappa shape index (κ3) is 2.66. The normalized spacial score (nSPS) is 10.7. The Labute approximate surface area is 124 Å². The number of fused-ring (bicyclic) bond motifs is 1. The maximum Gasteiger partial charge on any atom is 0.257 e. The van der Waals surface area contributed by atoms with Crippen LogP contribution in [0, 0.1) is 6.92 Å². The van der Waals surface area contributed by atoms with E-state index in [1.54, 1.807) is 12.1 Å². The van der Waals surface area contributed by atoms with E-state index in [-0.39, 0.29) is 17.4 Å². The summed E-state index contributed by atoms with van der Waals surface area (Å²) in [6, 6.07) is 10.0. The van der Waals surface area contributed by atoms with Crippen LogP contribution < -0.4 is 5.32 Å². The first-order valence-electron chi connectivity index (χ1n) is 6.23. The molecule has 0 aliphatic heterocycles. The number of hydrogen-bond donors (Lipinski definition) is 3. The van der Waals surface area contributed by atoms with Gasteiger partial charge in [0, 0.05) is 17.7 Å². The van der Waals surface area contributed by atoms with Crippen LogP contribution in [0.2, 0.25) is 0 Å². The minimum Gasteiger partial charge on any atom is -0.504 e. The molecule has 0 fully saturated rings. The van der Waals surface area contributed by atoms with Gasteiger partial charge in [0.05, 0.1) is 10.2 Å². The summed E-state index contributed by atoms with van der Waals surface area (Å²) in [5.41, 5.74) is 2.15. The monoisotopic (exact) mass is 300 g/mol. The van der Waals surface area contributed by atoms with E-state index in [4.69, 9.17) is 0 Å². The van der Waals surface area contributed by atoms with Crippen LogP contribution in [-0.2, 0) is 0 Å². The number of anilines is 1. The average Bonchev–Trinajstić information content (AvgIpc) is 2.81. The third-order valence-electron chi connectivity index (χ3n) is 3.02. The van der Waals surface area contributed by atoms with Gasteiger partial charge in [0.2, 0.25) is 0 Å². The SMILES string of the molecule is Cc1ccc(C(=O)Nc2nc3cc(O)c(O)cc3s2)cc1. The summed E-state index contributed by atoms with van der Waals surface area (Å²) in [4.78, 5) is 16.3. The van der Waals surface area contributed by atoms with Crippen molar-refractivity contribution >= 4 is 32.6 Å². The number of amides is 1. The fourth-order valence-corrected chi connectivity index (χ4v) is 2.76. The van der Waals surface area contributed by atoms with E-state index < -0.39 is 0 Å². The molecule has 1 aromatic heterocycles. The second kappa shape index (κ2) is 5.06. The first-order valence-corrected chi connectivity index (χ1v) is 7.05. The number of aromatic hydroxyl groups is 2. The molecule has 0 saturated heterocycles. The van der Waals surface area contributed by atoms with Crippen LogP contribution in [-0.4, -0.2) is 21.1 Å². The molecule has 0 saturated carbocycles. The standard InChI is InChI=1S/C15H12N2O3S/c1-8-2-4-9(5-3-8)14(20)17-15-16-10-6-11(18)12(19)7-13(10)21-15/h2-7,18-19H,1H3,(H,16,17,20). The van der Waals surface area contributed by atoms with Gasteiger partial charge in [-0.2, -0.15) is 0 Å². The van der Waals surface area contributed by atoms with E-state index in [9.17, 15) is 15.0 Å². The molecule has 3 N–H and O–H groups in total. The molecule has 6 heteroatoms. The molecule has 0 radical (unpaired) electrons. The molecule has 1 amide bonds. The summed E-state index contributed by atoms with van der Waals surface area (Å²) in [5.74, 6) is -0.686. The van der Waals surface area contributed by atoms with Gasteiger partial charge in [0.25, 0.3) is 5.91 Å². The van der Waals surface area contributed by atoms with E-state index in [1.165, 1.54) is 23.5 Å². The van der Waals surface area contributed by atoms with Crippen molar-refractivity contribution in [2.24, 2.45) is 0 Å². The van der Waals surface area contributed by atoms with Gasteiger partial charge in [-0.25, -0.2) is 4.98 Å². The van der Waals surface area contributed by atoms with Gasteiger partial charge in [-0.15, -0.1) is 0 Å². The zero-order valence-electron chi connectivity index (χ0n) is 11.1. The largest absolute Gasteiger partial charge is 0.504 e. The quantitative estimate of drug-likeness (QED) is 0.634. The zero-order valence-corrected chi connectivity index (χ0v) is 11.9. The van der Waals surface area contributed by atoms with Gasteiger partial charge in [0.1, 0.15) is 0 Å². The molecule has 0 aliphatic carbocycles. The van der Waals surface area contributed by atoms with Gasteiger partial charge < -0.3 is 10.2 Å². The van der Waals surface area contributed by atoms with Crippen molar-refractivity contribution < 1.29 is 15.0 Å². The fourth-order valence-electron chi connectivity index (χ4n) is 1.88. The number of phenols is 2. The van der Waals surface area contributed by atoms with E-state index in [0.29, 0.717) is 20.9 Å². The Hall–Kier alpha value is -2.60. The number of nitrogens with zero attached hydrogens (tertiary/aromatic N) is 1. The molecule has 0 bridgehead atoms. The van der Waals surface area contributed by atoms with Gasteiger partial charge in [0.15, 0.2) is 16.6 Å². The first kappa shape index (κ1) is 13.4. The van der Waals surface area contributed by atoms with E-state index in [1.807, 2.05) is 19.1 Å². The lowest BCUT2D eigenvalue weighted by Gasteiger charge is -2.01. The van der Waals surface area contributed by atoms with Crippen molar-refractivity contribution in [1.82, 2.24) is 4.98 Å². The third-order valence-corrected chi connectivity index (χ3v) is 3.95. The average molecular weight is 300 g/mol. The van der Waals surface area contributed by atoms with Crippen LogP contribution >= 0.6 is 11.3 Å². The summed E-state index contributed by atoms with van der Waals surface area (Å²) in [6.07, 6.45) is 0. The first-order chi connectivity index (χ1) is 10.0. The van der Waals surface area contributed by atoms with Crippen LogP contribution in [0.25, 0.3) is 10.2 Å². The number of phenolic OH excluding ortho intramolecular Hbond substituents is 2. The summed E-state index contributed by atoms with van der Waals surface area (Å²) in [7, 11) is 0. The molecule has 3 rings (SSSR count). The van der Waals surface area contributed by atoms with E-state index >= 15 is 0 Å². The number of aromatic nitrogens is 1. The van der Waals surface area contributed by atoms with E-state index in [2.05, 4.69) is 10.3 Å². The second-order valence-corrected chi connectivity index (χ2v) is 5.68. The maximum atomic E-state index is 12.1. The highest BCUT2D eigenvalue weighted by molar-refractivity contribution is 7.22. The van der Waals surface area contributed by atoms with Crippen molar-refractivity contribution in [2.45, 2.75) is 6.92 Å². The number of aryl methyl sites for hydroxylation is 1. The Bertz CT molecular complexity index is 786. The van der Waals surface area contributed by atoms with Gasteiger partial charge >= 0.3 is 0 Å². The lowest BCUT2D eigenvalue weighted by atomic mass is 10.1.